The molecule has 0 bridgehead atoms. The van der Waals surface area contributed by atoms with Gasteiger partial charge in [-0.3, -0.25) is 0 Å². The first-order valence-electron chi connectivity index (χ1n) is 6.53. The molecule has 0 amide bonds. The lowest BCUT2D eigenvalue weighted by atomic mass is 10.2. The summed E-state index contributed by atoms with van der Waals surface area (Å²) in [5.41, 5.74) is 1.18. The van der Waals surface area contributed by atoms with Crippen LogP contribution in [-0.4, -0.2) is 25.1 Å². The summed E-state index contributed by atoms with van der Waals surface area (Å²) in [6.07, 6.45) is 2.80. The zero-order valence-corrected chi connectivity index (χ0v) is 12.1. The van der Waals surface area contributed by atoms with E-state index in [4.69, 9.17) is 4.98 Å². The third-order valence-electron chi connectivity index (χ3n) is 3.28. The zero-order chi connectivity index (χ0) is 12.4. The number of nitrogens with zero attached hydrogens (tertiary/aromatic N) is 2. The van der Waals surface area contributed by atoms with E-state index in [0.717, 1.165) is 12.5 Å². The molecule has 1 N–H and O–H groups in total. The Bertz CT molecular complexity index is 371. The number of aryl methyl sites for hydroxylation is 1. The quantitative estimate of drug-likeness (QED) is 0.845. The largest absolute Gasteiger partial charge is 0.351 e. The summed E-state index contributed by atoms with van der Waals surface area (Å²) in [4.78, 5) is 8.40. The molecule has 96 valence electrons. The normalized spacial score (nSPS) is 17.2. The molecular formula is C13H23N3S. The smallest absolute Gasteiger partial charge is 0.185 e. The van der Waals surface area contributed by atoms with Gasteiger partial charge in [-0.2, -0.15) is 0 Å². The first kappa shape index (κ1) is 12.8. The van der Waals surface area contributed by atoms with Gasteiger partial charge in [0.15, 0.2) is 5.13 Å². The van der Waals surface area contributed by atoms with Gasteiger partial charge >= 0.3 is 0 Å². The van der Waals surface area contributed by atoms with E-state index in [0.29, 0.717) is 6.04 Å². The van der Waals surface area contributed by atoms with Crippen molar-refractivity contribution >= 4 is 16.5 Å². The van der Waals surface area contributed by atoms with Crippen molar-refractivity contribution in [1.82, 2.24) is 10.3 Å². The van der Waals surface area contributed by atoms with E-state index in [1.807, 2.05) is 11.3 Å². The lowest BCUT2D eigenvalue weighted by Gasteiger charge is -2.14. The van der Waals surface area contributed by atoms with Crippen LogP contribution in [-0.2, 0) is 0 Å². The minimum Gasteiger partial charge on any atom is -0.351 e. The predicted octanol–water partition coefficient (Wildman–Crippen LogP) is 2.97. The van der Waals surface area contributed by atoms with Gasteiger partial charge in [0.25, 0.3) is 0 Å². The molecule has 1 atom stereocenters. The molecule has 1 heterocycles. The molecule has 0 saturated heterocycles. The number of hydrogen-bond donors (Lipinski definition) is 1. The number of thiazole rings is 1. The fourth-order valence-electron chi connectivity index (χ4n) is 2.12. The van der Waals surface area contributed by atoms with Gasteiger partial charge in [-0.05, 0) is 39.2 Å². The third kappa shape index (κ3) is 3.19. The van der Waals surface area contributed by atoms with E-state index in [1.54, 1.807) is 0 Å². The van der Waals surface area contributed by atoms with Crippen LogP contribution >= 0.6 is 11.3 Å². The monoisotopic (exact) mass is 253 g/mol. The molecule has 1 aromatic heterocycles. The van der Waals surface area contributed by atoms with Crippen LogP contribution in [0.5, 0.6) is 0 Å². The molecule has 0 aromatic carbocycles. The lowest BCUT2D eigenvalue weighted by molar-refractivity contribution is 0.603. The van der Waals surface area contributed by atoms with Gasteiger partial charge in [0.2, 0.25) is 0 Å². The predicted molar refractivity (Wildman–Crippen MR) is 74.9 cm³/mol. The molecule has 1 fully saturated rings. The van der Waals surface area contributed by atoms with Crippen molar-refractivity contribution in [3.63, 3.8) is 0 Å². The van der Waals surface area contributed by atoms with Gasteiger partial charge in [-0.1, -0.05) is 6.92 Å². The van der Waals surface area contributed by atoms with E-state index in [-0.39, 0.29) is 0 Å². The molecule has 0 aliphatic heterocycles. The molecule has 17 heavy (non-hydrogen) atoms. The summed E-state index contributed by atoms with van der Waals surface area (Å²) in [5.74, 6) is 0.916. The van der Waals surface area contributed by atoms with E-state index in [9.17, 15) is 0 Å². The molecule has 0 spiro atoms. The van der Waals surface area contributed by atoms with Crippen molar-refractivity contribution in [3.8, 4) is 0 Å². The first-order chi connectivity index (χ1) is 8.11. The van der Waals surface area contributed by atoms with Crippen molar-refractivity contribution in [2.75, 3.05) is 25.0 Å². The summed E-state index contributed by atoms with van der Waals surface area (Å²) >= 11 is 1.84. The maximum atomic E-state index is 4.70. The second kappa shape index (κ2) is 5.36. The highest BCUT2D eigenvalue weighted by atomic mass is 32.1. The van der Waals surface area contributed by atoms with E-state index in [2.05, 4.69) is 38.0 Å². The molecule has 1 aliphatic rings. The van der Waals surface area contributed by atoms with Crippen molar-refractivity contribution in [1.29, 1.82) is 0 Å². The molecule has 0 radical (unpaired) electrons. The fraction of sp³-hybridized carbons (Fsp3) is 0.769. The van der Waals surface area contributed by atoms with Gasteiger partial charge in [0.05, 0.1) is 5.69 Å². The second-order valence-electron chi connectivity index (χ2n) is 5.05. The Balaban J connectivity index is 2.05. The van der Waals surface area contributed by atoms with E-state index in [1.165, 1.54) is 35.1 Å². The Kier molecular flexibility index (Phi) is 4.05. The summed E-state index contributed by atoms with van der Waals surface area (Å²) in [5, 5.41) is 4.64. The van der Waals surface area contributed by atoms with E-state index >= 15 is 0 Å². The minimum atomic E-state index is 0.417. The van der Waals surface area contributed by atoms with Gasteiger partial charge in [0.1, 0.15) is 0 Å². The number of nitrogens with one attached hydrogen (secondary N) is 1. The van der Waals surface area contributed by atoms with Crippen LogP contribution in [0, 0.1) is 12.8 Å². The first-order valence-corrected chi connectivity index (χ1v) is 7.35. The summed E-state index contributed by atoms with van der Waals surface area (Å²) < 4.78 is 0. The standard InChI is InChI=1S/C13H23N3S/c1-5-14-9(2)12-10(3)15-13(17-12)16(4)8-11-6-7-11/h9,11,14H,5-8H2,1-4H3. The fourth-order valence-corrected chi connectivity index (χ4v) is 3.19. The average molecular weight is 253 g/mol. The molecule has 3 nitrogen and oxygen atoms in total. The van der Waals surface area contributed by atoms with Crippen LogP contribution in [0.15, 0.2) is 0 Å². The van der Waals surface area contributed by atoms with Crippen LogP contribution in [0.4, 0.5) is 5.13 Å². The van der Waals surface area contributed by atoms with Gasteiger partial charge in [-0.15, -0.1) is 11.3 Å². The Morgan fingerprint density at radius 2 is 2.24 bits per heavy atom. The zero-order valence-electron chi connectivity index (χ0n) is 11.3. The molecule has 1 aliphatic carbocycles. The Morgan fingerprint density at radius 3 is 2.82 bits per heavy atom. The van der Waals surface area contributed by atoms with Crippen LogP contribution in [0.1, 0.15) is 43.3 Å². The van der Waals surface area contributed by atoms with Crippen molar-refractivity contribution in [2.24, 2.45) is 5.92 Å². The van der Waals surface area contributed by atoms with Crippen LogP contribution in [0.3, 0.4) is 0 Å². The molecule has 1 unspecified atom stereocenters. The number of hydrogen-bond acceptors (Lipinski definition) is 4. The Labute approximate surface area is 108 Å². The number of aromatic nitrogens is 1. The molecule has 1 saturated carbocycles. The SMILES string of the molecule is CCNC(C)c1sc(N(C)CC2CC2)nc1C. The van der Waals surface area contributed by atoms with Crippen LogP contribution in [0.25, 0.3) is 0 Å². The lowest BCUT2D eigenvalue weighted by Crippen LogP contribution is -2.19. The van der Waals surface area contributed by atoms with Gasteiger partial charge < -0.3 is 10.2 Å². The molecule has 1 aromatic rings. The maximum absolute atomic E-state index is 4.70. The highest BCUT2D eigenvalue weighted by Crippen LogP contribution is 2.34. The van der Waals surface area contributed by atoms with Crippen molar-refractivity contribution < 1.29 is 0 Å². The minimum absolute atomic E-state index is 0.417. The summed E-state index contributed by atoms with van der Waals surface area (Å²) in [7, 11) is 2.16. The van der Waals surface area contributed by atoms with Crippen molar-refractivity contribution in [3.05, 3.63) is 10.6 Å². The Morgan fingerprint density at radius 1 is 1.53 bits per heavy atom. The summed E-state index contributed by atoms with van der Waals surface area (Å²) in [6.45, 7) is 8.66. The highest BCUT2D eigenvalue weighted by molar-refractivity contribution is 7.15. The van der Waals surface area contributed by atoms with Gasteiger partial charge in [0, 0.05) is 24.5 Å². The Hall–Kier alpha value is -0.610. The van der Waals surface area contributed by atoms with E-state index < -0.39 is 0 Å². The number of rotatable bonds is 6. The van der Waals surface area contributed by atoms with Crippen LogP contribution < -0.4 is 10.2 Å². The third-order valence-corrected chi connectivity index (χ3v) is 4.73. The molecule has 2 rings (SSSR count). The second-order valence-corrected chi connectivity index (χ2v) is 6.06. The maximum Gasteiger partial charge on any atom is 0.185 e. The molecule has 4 heteroatoms. The van der Waals surface area contributed by atoms with Crippen LogP contribution in [0.2, 0.25) is 0 Å². The summed E-state index contributed by atoms with van der Waals surface area (Å²) in [6, 6.07) is 0.417. The van der Waals surface area contributed by atoms with Crippen molar-refractivity contribution in [2.45, 2.75) is 39.7 Å². The average Bonchev–Trinajstić information content (AvgIpc) is 2.99. The molecular weight excluding hydrogens is 230 g/mol. The van der Waals surface area contributed by atoms with Gasteiger partial charge in [-0.25, -0.2) is 4.98 Å². The number of anilines is 1. The highest BCUT2D eigenvalue weighted by Gasteiger charge is 2.24. The topological polar surface area (TPSA) is 28.2 Å².